The Hall–Kier alpha value is -0.620. The van der Waals surface area contributed by atoms with Crippen molar-refractivity contribution in [2.45, 2.75) is 26.7 Å². The first kappa shape index (κ1) is 12.4. The van der Waals surface area contributed by atoms with Crippen LogP contribution in [0.2, 0.25) is 0 Å². The van der Waals surface area contributed by atoms with Gasteiger partial charge in [-0.25, -0.2) is 4.39 Å². The molecule has 1 nitrogen and oxygen atoms in total. The molecule has 0 fully saturated rings. The molecule has 74 valence electrons. The molecule has 0 aliphatic carbocycles. The van der Waals surface area contributed by atoms with E-state index in [4.69, 9.17) is 0 Å². The monoisotopic (exact) mass is 202 g/mol. The zero-order valence-electron chi connectivity index (χ0n) is 8.26. The molecule has 0 radical (unpaired) electrons. The minimum atomic E-state index is -0.253. The Labute approximate surface area is 81.6 Å². The molecular formula is C10H16FOP. The lowest BCUT2D eigenvalue weighted by molar-refractivity contribution is 0.461. The van der Waals surface area contributed by atoms with E-state index in [0.29, 0.717) is 11.1 Å². The van der Waals surface area contributed by atoms with E-state index in [9.17, 15) is 9.50 Å². The van der Waals surface area contributed by atoms with Crippen LogP contribution in [0.1, 0.15) is 30.9 Å². The molecule has 0 aliphatic heterocycles. The van der Waals surface area contributed by atoms with E-state index >= 15 is 0 Å². The molecule has 3 heteroatoms. The normalized spacial score (nSPS) is 9.92. The first-order valence-electron chi connectivity index (χ1n) is 4.01. The van der Waals surface area contributed by atoms with Gasteiger partial charge in [0.25, 0.3) is 0 Å². The Balaban J connectivity index is 0.00000144. The van der Waals surface area contributed by atoms with Crippen LogP contribution in [0.5, 0.6) is 5.75 Å². The summed E-state index contributed by atoms with van der Waals surface area (Å²) in [5.74, 6) is 0.0838. The fraction of sp³-hybridized carbons (Fsp3) is 0.400. The third kappa shape index (κ3) is 2.67. The summed E-state index contributed by atoms with van der Waals surface area (Å²) in [5, 5.41) is 9.42. The first-order valence-corrected chi connectivity index (χ1v) is 4.01. The average molecular weight is 202 g/mol. The lowest BCUT2D eigenvalue weighted by Gasteiger charge is -2.09. The van der Waals surface area contributed by atoms with Gasteiger partial charge >= 0.3 is 0 Å². The van der Waals surface area contributed by atoms with Gasteiger partial charge in [-0.15, -0.1) is 0 Å². The molecule has 1 atom stereocenters. The summed E-state index contributed by atoms with van der Waals surface area (Å²) < 4.78 is 13.0. The Morgan fingerprint density at radius 2 is 1.85 bits per heavy atom. The maximum Gasteiger partial charge on any atom is 0.126 e. The van der Waals surface area contributed by atoms with Crippen molar-refractivity contribution in [3.63, 3.8) is 0 Å². The smallest absolute Gasteiger partial charge is 0.126 e. The first-order chi connectivity index (χ1) is 5.52. The lowest BCUT2D eigenvalue weighted by atomic mass is 10.0. The molecule has 0 aliphatic rings. The summed E-state index contributed by atoms with van der Waals surface area (Å²) in [6, 6.07) is 2.86. The molecule has 1 rings (SSSR count). The zero-order valence-corrected chi connectivity index (χ0v) is 9.68. The van der Waals surface area contributed by atoms with Crippen LogP contribution in [0.15, 0.2) is 12.1 Å². The molecule has 0 heterocycles. The third-order valence-electron chi connectivity index (χ3n) is 1.93. The van der Waals surface area contributed by atoms with Crippen LogP contribution < -0.4 is 0 Å². The largest absolute Gasteiger partial charge is 0.508 e. The van der Waals surface area contributed by atoms with Gasteiger partial charge in [-0.3, -0.25) is 0 Å². The van der Waals surface area contributed by atoms with Crippen molar-refractivity contribution in [2.75, 3.05) is 0 Å². The van der Waals surface area contributed by atoms with Gasteiger partial charge in [0.05, 0.1) is 0 Å². The molecule has 1 unspecified atom stereocenters. The molecule has 0 aromatic heterocycles. The Bertz CT molecular complexity index is 297. The van der Waals surface area contributed by atoms with E-state index in [2.05, 4.69) is 0 Å². The van der Waals surface area contributed by atoms with E-state index in [-0.39, 0.29) is 27.4 Å². The second-order valence-electron chi connectivity index (χ2n) is 3.31. The molecule has 1 aromatic carbocycles. The summed E-state index contributed by atoms with van der Waals surface area (Å²) in [5.41, 5.74) is 1.15. The number of rotatable bonds is 1. The number of phenols is 1. The molecule has 0 amide bonds. The topological polar surface area (TPSA) is 20.2 Å². The summed E-state index contributed by atoms with van der Waals surface area (Å²) in [4.78, 5) is 0. The van der Waals surface area contributed by atoms with Gasteiger partial charge in [0.15, 0.2) is 0 Å². The summed E-state index contributed by atoms with van der Waals surface area (Å²) >= 11 is 0. The second-order valence-corrected chi connectivity index (χ2v) is 3.31. The maximum absolute atomic E-state index is 13.0. The molecule has 0 spiro atoms. The van der Waals surface area contributed by atoms with Crippen LogP contribution >= 0.6 is 9.90 Å². The van der Waals surface area contributed by atoms with E-state index in [1.807, 2.05) is 13.8 Å². The SMILES string of the molecule is Cc1cc(O)c(C(C)C)cc1F.P. The predicted octanol–water partition coefficient (Wildman–Crippen LogP) is 3.02. The molecule has 0 saturated carbocycles. The number of aryl methyl sites for hydroxylation is 1. The summed E-state index contributed by atoms with van der Waals surface area (Å²) in [6.45, 7) is 5.48. The number of hydrogen-bond acceptors (Lipinski definition) is 1. The number of phenolic OH excluding ortho intramolecular Hbond substituents is 1. The highest BCUT2D eigenvalue weighted by atomic mass is 31.0. The van der Waals surface area contributed by atoms with Crippen LogP contribution in [0.3, 0.4) is 0 Å². The number of halogens is 1. The highest BCUT2D eigenvalue weighted by molar-refractivity contribution is 6.92. The van der Waals surface area contributed by atoms with E-state index in [1.165, 1.54) is 12.1 Å². The molecule has 1 N–H and O–H groups in total. The van der Waals surface area contributed by atoms with Crippen LogP contribution in [0.4, 0.5) is 4.39 Å². The van der Waals surface area contributed by atoms with Crippen molar-refractivity contribution in [1.29, 1.82) is 0 Å². The van der Waals surface area contributed by atoms with E-state index in [1.54, 1.807) is 6.92 Å². The molecule has 1 aromatic rings. The van der Waals surface area contributed by atoms with Crippen LogP contribution in [-0.4, -0.2) is 5.11 Å². The van der Waals surface area contributed by atoms with Crippen LogP contribution in [-0.2, 0) is 0 Å². The Kier molecular flexibility index (Phi) is 4.35. The summed E-state index contributed by atoms with van der Waals surface area (Å²) in [7, 11) is 0. The molecular weight excluding hydrogens is 186 g/mol. The van der Waals surface area contributed by atoms with E-state index in [0.717, 1.165) is 0 Å². The van der Waals surface area contributed by atoms with Crippen LogP contribution in [0.25, 0.3) is 0 Å². The fourth-order valence-electron chi connectivity index (χ4n) is 1.14. The number of hydrogen-bond donors (Lipinski definition) is 1. The van der Waals surface area contributed by atoms with Gasteiger partial charge in [-0.1, -0.05) is 13.8 Å². The number of aromatic hydroxyl groups is 1. The molecule has 13 heavy (non-hydrogen) atoms. The Morgan fingerprint density at radius 1 is 1.31 bits per heavy atom. The zero-order chi connectivity index (χ0) is 9.30. The Morgan fingerprint density at radius 3 is 2.31 bits per heavy atom. The van der Waals surface area contributed by atoms with Gasteiger partial charge in [0.1, 0.15) is 11.6 Å². The van der Waals surface area contributed by atoms with Gasteiger partial charge in [-0.05, 0) is 36.1 Å². The highest BCUT2D eigenvalue weighted by Crippen LogP contribution is 2.27. The van der Waals surface area contributed by atoms with Crippen molar-refractivity contribution in [3.8, 4) is 5.75 Å². The quantitative estimate of drug-likeness (QED) is 0.694. The molecule has 0 saturated heterocycles. The minimum Gasteiger partial charge on any atom is -0.508 e. The van der Waals surface area contributed by atoms with Gasteiger partial charge in [0.2, 0.25) is 0 Å². The van der Waals surface area contributed by atoms with Crippen molar-refractivity contribution in [3.05, 3.63) is 29.1 Å². The van der Waals surface area contributed by atoms with Crippen molar-refractivity contribution in [2.24, 2.45) is 0 Å². The predicted molar refractivity (Wildman–Crippen MR) is 58.0 cm³/mol. The third-order valence-corrected chi connectivity index (χ3v) is 1.93. The highest BCUT2D eigenvalue weighted by Gasteiger charge is 2.08. The van der Waals surface area contributed by atoms with Crippen molar-refractivity contribution in [1.82, 2.24) is 0 Å². The lowest BCUT2D eigenvalue weighted by Crippen LogP contribution is -1.91. The maximum atomic E-state index is 13.0. The van der Waals surface area contributed by atoms with Gasteiger partial charge in [0, 0.05) is 0 Å². The fourth-order valence-corrected chi connectivity index (χ4v) is 1.14. The summed E-state index contributed by atoms with van der Waals surface area (Å²) in [6.07, 6.45) is 0. The minimum absolute atomic E-state index is 0. The average Bonchev–Trinajstić information content (AvgIpc) is 1.96. The number of benzene rings is 1. The standard InChI is InChI=1S/C10H13FO.H3P/c1-6(2)8-5-9(11)7(3)4-10(8)12;/h4-6,12H,1-3H3;1H3. The van der Waals surface area contributed by atoms with Crippen molar-refractivity contribution < 1.29 is 9.50 Å². The van der Waals surface area contributed by atoms with Crippen molar-refractivity contribution >= 4 is 9.90 Å². The van der Waals surface area contributed by atoms with Crippen LogP contribution in [0, 0.1) is 12.7 Å². The van der Waals surface area contributed by atoms with Gasteiger partial charge in [-0.2, -0.15) is 9.90 Å². The molecule has 0 bridgehead atoms. The van der Waals surface area contributed by atoms with Gasteiger partial charge < -0.3 is 5.11 Å². The van der Waals surface area contributed by atoms with E-state index < -0.39 is 0 Å². The second kappa shape index (κ2) is 4.57.